The van der Waals surface area contributed by atoms with Gasteiger partial charge in [-0.1, -0.05) is 42.5 Å². The lowest BCUT2D eigenvalue weighted by atomic mass is 10.2. The van der Waals surface area contributed by atoms with Crippen LogP contribution in [0.5, 0.6) is 11.5 Å². The lowest BCUT2D eigenvalue weighted by Crippen LogP contribution is -2.16. The number of aromatic nitrogens is 3. The number of halogens is 2. The minimum Gasteiger partial charge on any atom is -0.490 e. The third kappa shape index (κ3) is 5.61. The van der Waals surface area contributed by atoms with Crippen molar-refractivity contribution in [3.63, 3.8) is 0 Å². The first-order valence-electron chi connectivity index (χ1n) is 10.3. The van der Waals surface area contributed by atoms with Crippen LogP contribution in [0.4, 0.5) is 4.39 Å². The van der Waals surface area contributed by atoms with Crippen molar-refractivity contribution in [1.82, 2.24) is 14.9 Å². The molecule has 33 heavy (non-hydrogen) atoms. The van der Waals surface area contributed by atoms with Crippen LogP contribution in [0.3, 0.4) is 0 Å². The Labute approximate surface area is 204 Å². The van der Waals surface area contributed by atoms with Gasteiger partial charge in [0.05, 0.1) is 17.6 Å². The van der Waals surface area contributed by atoms with Crippen LogP contribution in [0.1, 0.15) is 18.1 Å². The first-order chi connectivity index (χ1) is 16.0. The van der Waals surface area contributed by atoms with Crippen LogP contribution in [-0.4, -0.2) is 21.5 Å². The summed E-state index contributed by atoms with van der Waals surface area (Å²) in [6, 6.07) is 19.9. The molecule has 9 heteroatoms. The van der Waals surface area contributed by atoms with E-state index in [1.165, 1.54) is 12.1 Å². The molecule has 0 fully saturated rings. The van der Waals surface area contributed by atoms with Crippen molar-refractivity contribution in [2.24, 2.45) is 0 Å². The Kier molecular flexibility index (Phi) is 7.41. The van der Waals surface area contributed by atoms with E-state index in [2.05, 4.69) is 31.6 Å². The molecule has 1 aromatic heterocycles. The molecule has 0 atom stereocenters. The fraction of sp³-hybridized carbons (Fsp3) is 0.167. The first-order valence-corrected chi connectivity index (χ1v) is 11.5. The first kappa shape index (κ1) is 23.0. The third-order valence-electron chi connectivity index (χ3n) is 4.81. The lowest BCUT2D eigenvalue weighted by molar-refractivity contribution is 0.267. The summed E-state index contributed by atoms with van der Waals surface area (Å²) in [5, 5.41) is 7.18. The van der Waals surface area contributed by atoms with E-state index in [-0.39, 0.29) is 5.82 Å². The van der Waals surface area contributed by atoms with Crippen LogP contribution in [-0.2, 0) is 13.2 Å². The number of nitrogens with zero attached hydrogens (tertiary/aromatic N) is 2. The van der Waals surface area contributed by atoms with Crippen LogP contribution in [0, 0.1) is 10.6 Å². The standard InChI is InChI=1S/C24H22BrFN4O2S/c1-2-31-21-13-17(12-20(25)22(21)32-15-16-8-10-19(26)11-9-16)14-27-30-23(28-29-24(30)33)18-6-4-3-5-7-18/h3-13,27H,2,14-15H2,1H3,(H,29,33). The van der Waals surface area contributed by atoms with Crippen LogP contribution >= 0.6 is 28.1 Å². The van der Waals surface area contributed by atoms with E-state index < -0.39 is 0 Å². The van der Waals surface area contributed by atoms with E-state index in [9.17, 15) is 4.39 Å². The molecule has 1 heterocycles. The summed E-state index contributed by atoms with van der Waals surface area (Å²) in [5.74, 6) is 1.63. The van der Waals surface area contributed by atoms with Crippen molar-refractivity contribution in [3.8, 4) is 22.9 Å². The van der Waals surface area contributed by atoms with Gasteiger partial charge >= 0.3 is 0 Å². The number of hydrogen-bond donors (Lipinski definition) is 2. The van der Waals surface area contributed by atoms with Gasteiger partial charge in [-0.05, 0) is 70.5 Å². The number of ether oxygens (including phenoxy) is 2. The Morgan fingerprint density at radius 2 is 1.82 bits per heavy atom. The van der Waals surface area contributed by atoms with E-state index >= 15 is 0 Å². The molecule has 0 spiro atoms. The molecule has 0 aliphatic heterocycles. The average molecular weight is 529 g/mol. The molecule has 0 radical (unpaired) electrons. The Balaban J connectivity index is 1.53. The molecule has 2 N–H and O–H groups in total. The molecule has 0 unspecified atom stereocenters. The van der Waals surface area contributed by atoms with Crippen LogP contribution in [0.25, 0.3) is 11.4 Å². The Morgan fingerprint density at radius 1 is 1.06 bits per heavy atom. The van der Waals surface area contributed by atoms with Gasteiger partial charge in [0.25, 0.3) is 0 Å². The van der Waals surface area contributed by atoms with E-state index in [0.29, 0.717) is 41.9 Å². The predicted molar refractivity (Wildman–Crippen MR) is 132 cm³/mol. The van der Waals surface area contributed by atoms with Gasteiger partial charge in [-0.2, -0.15) is 5.10 Å². The fourth-order valence-electron chi connectivity index (χ4n) is 3.26. The van der Waals surface area contributed by atoms with E-state index in [0.717, 1.165) is 21.2 Å². The minimum absolute atomic E-state index is 0.278. The second-order valence-corrected chi connectivity index (χ2v) is 8.38. The second-order valence-electron chi connectivity index (χ2n) is 7.14. The smallest absolute Gasteiger partial charge is 0.214 e. The zero-order valence-electron chi connectivity index (χ0n) is 17.8. The van der Waals surface area contributed by atoms with Gasteiger partial charge in [-0.25, -0.2) is 14.2 Å². The zero-order valence-corrected chi connectivity index (χ0v) is 20.2. The Hall–Kier alpha value is -3.17. The number of hydrogen-bond acceptors (Lipinski definition) is 5. The van der Waals surface area contributed by atoms with E-state index in [1.54, 1.807) is 16.8 Å². The van der Waals surface area contributed by atoms with Gasteiger partial charge < -0.3 is 14.9 Å². The van der Waals surface area contributed by atoms with Gasteiger partial charge in [0, 0.05) is 5.56 Å². The molecule has 0 bridgehead atoms. The van der Waals surface area contributed by atoms with Gasteiger partial charge in [0.2, 0.25) is 4.77 Å². The molecular weight excluding hydrogens is 507 g/mol. The van der Waals surface area contributed by atoms with E-state index in [1.807, 2.05) is 49.4 Å². The molecular formula is C24H22BrFN4O2S. The van der Waals surface area contributed by atoms with Crippen LogP contribution in [0.15, 0.2) is 71.2 Å². The molecule has 0 aliphatic carbocycles. The fourth-order valence-corrected chi connectivity index (χ4v) is 4.06. The van der Waals surface area contributed by atoms with Crippen molar-refractivity contribution >= 4 is 28.1 Å². The Bertz CT molecular complexity index is 1280. The molecule has 3 aromatic carbocycles. The van der Waals surface area contributed by atoms with Crippen molar-refractivity contribution in [1.29, 1.82) is 0 Å². The maximum Gasteiger partial charge on any atom is 0.214 e. The third-order valence-corrected chi connectivity index (χ3v) is 5.67. The number of H-pyrrole nitrogens is 1. The van der Waals surface area contributed by atoms with Crippen molar-refractivity contribution < 1.29 is 13.9 Å². The molecule has 6 nitrogen and oxygen atoms in total. The second kappa shape index (κ2) is 10.6. The van der Waals surface area contributed by atoms with Crippen LogP contribution < -0.4 is 14.9 Å². The van der Waals surface area contributed by atoms with Gasteiger partial charge in [0.15, 0.2) is 17.3 Å². The topological polar surface area (TPSA) is 64.1 Å². The van der Waals surface area contributed by atoms with E-state index in [4.69, 9.17) is 21.7 Å². The van der Waals surface area contributed by atoms with Gasteiger partial charge in [0.1, 0.15) is 12.4 Å². The van der Waals surface area contributed by atoms with Gasteiger partial charge in [-0.15, -0.1) is 0 Å². The zero-order chi connectivity index (χ0) is 23.2. The number of benzene rings is 3. The van der Waals surface area contributed by atoms with Crippen molar-refractivity contribution in [3.05, 3.63) is 92.9 Å². The monoisotopic (exact) mass is 528 g/mol. The summed E-state index contributed by atoms with van der Waals surface area (Å²) >= 11 is 9.00. The highest BCUT2D eigenvalue weighted by molar-refractivity contribution is 9.10. The highest BCUT2D eigenvalue weighted by Crippen LogP contribution is 2.37. The number of rotatable bonds is 9. The Morgan fingerprint density at radius 3 is 2.55 bits per heavy atom. The normalized spacial score (nSPS) is 10.8. The summed E-state index contributed by atoms with van der Waals surface area (Å²) in [6.07, 6.45) is 0. The quantitative estimate of drug-likeness (QED) is 0.252. The molecule has 0 amide bonds. The van der Waals surface area contributed by atoms with Gasteiger partial charge in [-0.3, -0.25) is 0 Å². The molecule has 170 valence electrons. The van der Waals surface area contributed by atoms with Crippen LogP contribution in [0.2, 0.25) is 0 Å². The summed E-state index contributed by atoms with van der Waals surface area (Å²) in [6.45, 7) is 3.17. The summed E-state index contributed by atoms with van der Waals surface area (Å²) in [7, 11) is 0. The number of nitrogens with one attached hydrogen (secondary N) is 2. The molecule has 0 saturated carbocycles. The highest BCUT2D eigenvalue weighted by atomic mass is 79.9. The summed E-state index contributed by atoms with van der Waals surface area (Å²) in [5.41, 5.74) is 6.08. The largest absolute Gasteiger partial charge is 0.490 e. The minimum atomic E-state index is -0.278. The average Bonchev–Trinajstić information content (AvgIpc) is 3.19. The SMILES string of the molecule is CCOc1cc(CNn2c(-c3ccccc3)n[nH]c2=S)cc(Br)c1OCc1ccc(F)cc1. The predicted octanol–water partition coefficient (Wildman–Crippen LogP) is 6.23. The molecule has 4 aromatic rings. The summed E-state index contributed by atoms with van der Waals surface area (Å²) in [4.78, 5) is 0. The molecule has 0 aliphatic rings. The summed E-state index contributed by atoms with van der Waals surface area (Å²) < 4.78 is 28.0. The molecule has 4 rings (SSSR count). The van der Waals surface area contributed by atoms with Crippen molar-refractivity contribution in [2.75, 3.05) is 12.0 Å². The number of aromatic amines is 1. The maximum atomic E-state index is 13.2. The maximum absolute atomic E-state index is 13.2. The van der Waals surface area contributed by atoms with Crippen molar-refractivity contribution in [2.45, 2.75) is 20.1 Å². The molecule has 0 saturated heterocycles. The highest BCUT2D eigenvalue weighted by Gasteiger charge is 2.14. The lowest BCUT2D eigenvalue weighted by Gasteiger charge is -2.16.